The minimum atomic E-state index is -1.19. The molecule has 6 heteroatoms. The number of amides is 1. The first-order valence-electron chi connectivity index (χ1n) is 12.3. The molecule has 1 amide bonds. The van der Waals surface area contributed by atoms with Crippen LogP contribution in [0.1, 0.15) is 76.2 Å². The summed E-state index contributed by atoms with van der Waals surface area (Å²) < 4.78 is 19.9. The molecule has 0 saturated heterocycles. The fourth-order valence-corrected chi connectivity index (χ4v) is 4.88. The first-order chi connectivity index (χ1) is 17.5. The average Bonchev–Trinajstić information content (AvgIpc) is 3.30. The number of fused-ring (bicyclic) bond motifs is 1. The number of carboxylic acids is 1. The van der Waals surface area contributed by atoms with Gasteiger partial charge in [0.15, 0.2) is 6.10 Å². The van der Waals surface area contributed by atoms with Crippen molar-refractivity contribution in [1.82, 2.24) is 4.90 Å². The van der Waals surface area contributed by atoms with E-state index < -0.39 is 23.5 Å². The Morgan fingerprint density at radius 2 is 1.62 bits per heavy atom. The lowest BCUT2D eigenvalue weighted by molar-refractivity contribution is -0.160. The van der Waals surface area contributed by atoms with Crippen molar-refractivity contribution in [3.8, 4) is 0 Å². The second-order valence-corrected chi connectivity index (χ2v) is 10.4. The van der Waals surface area contributed by atoms with Crippen LogP contribution in [0.15, 0.2) is 54.6 Å². The number of aliphatic carboxylic acids is 1. The normalized spacial score (nSPS) is 14.2. The van der Waals surface area contributed by atoms with Crippen LogP contribution < -0.4 is 0 Å². The summed E-state index contributed by atoms with van der Waals surface area (Å²) in [5, 5.41) is 10.2. The lowest BCUT2D eigenvalue weighted by Gasteiger charge is -2.29. The van der Waals surface area contributed by atoms with Gasteiger partial charge in [-0.2, -0.15) is 0 Å². The molecule has 1 atom stereocenters. The van der Waals surface area contributed by atoms with E-state index in [4.69, 9.17) is 4.74 Å². The molecule has 3 aromatic carbocycles. The van der Waals surface area contributed by atoms with Crippen molar-refractivity contribution in [2.75, 3.05) is 0 Å². The van der Waals surface area contributed by atoms with Gasteiger partial charge in [-0.25, -0.2) is 9.18 Å². The maximum absolute atomic E-state index is 13.8. The number of hydrogen-bond acceptors (Lipinski definition) is 3. The van der Waals surface area contributed by atoms with E-state index in [1.807, 2.05) is 77.1 Å². The van der Waals surface area contributed by atoms with Crippen LogP contribution in [-0.4, -0.2) is 27.5 Å². The number of hydrogen-bond donors (Lipinski definition) is 1. The third-order valence-electron chi connectivity index (χ3n) is 6.62. The van der Waals surface area contributed by atoms with Crippen LogP contribution in [0.25, 0.3) is 12.2 Å². The van der Waals surface area contributed by atoms with E-state index in [0.717, 1.165) is 33.4 Å². The Morgan fingerprint density at radius 3 is 2.22 bits per heavy atom. The number of benzene rings is 3. The number of nitrogens with zero attached hydrogens (tertiary/aromatic N) is 1. The minimum Gasteiger partial charge on any atom is -0.479 e. The number of carbonyl (C=O) groups excluding carboxylic acids is 1. The van der Waals surface area contributed by atoms with E-state index in [2.05, 4.69) is 0 Å². The van der Waals surface area contributed by atoms with Crippen molar-refractivity contribution < 1.29 is 23.8 Å². The summed E-state index contributed by atoms with van der Waals surface area (Å²) >= 11 is 0. The quantitative estimate of drug-likeness (QED) is 0.381. The Morgan fingerprint density at radius 1 is 0.973 bits per heavy atom. The predicted molar refractivity (Wildman–Crippen MR) is 142 cm³/mol. The van der Waals surface area contributed by atoms with Gasteiger partial charge in [-0.3, -0.25) is 4.79 Å². The van der Waals surface area contributed by atoms with Crippen molar-refractivity contribution in [2.45, 2.75) is 59.4 Å². The highest BCUT2D eigenvalue weighted by atomic mass is 19.1. The molecule has 0 fully saturated rings. The summed E-state index contributed by atoms with van der Waals surface area (Å²) in [6.07, 6.45) is 2.71. The van der Waals surface area contributed by atoms with Gasteiger partial charge in [0.1, 0.15) is 5.82 Å². The van der Waals surface area contributed by atoms with Gasteiger partial charge >= 0.3 is 5.97 Å². The molecule has 3 aromatic rings. The average molecular weight is 502 g/mol. The molecule has 0 radical (unpaired) electrons. The van der Waals surface area contributed by atoms with E-state index in [9.17, 15) is 19.1 Å². The third-order valence-corrected chi connectivity index (χ3v) is 6.62. The van der Waals surface area contributed by atoms with Crippen LogP contribution in [0.3, 0.4) is 0 Å². The van der Waals surface area contributed by atoms with E-state index in [-0.39, 0.29) is 11.5 Å². The first-order valence-corrected chi connectivity index (χ1v) is 12.3. The predicted octanol–water partition coefficient (Wildman–Crippen LogP) is 6.71. The number of halogens is 1. The molecular formula is C31H32FNO4. The van der Waals surface area contributed by atoms with E-state index in [1.54, 1.807) is 11.0 Å². The molecule has 0 aromatic heterocycles. The Balaban J connectivity index is 1.84. The topological polar surface area (TPSA) is 66.8 Å². The Labute approximate surface area is 217 Å². The Kier molecular flexibility index (Phi) is 7.32. The van der Waals surface area contributed by atoms with Gasteiger partial charge in [0, 0.05) is 24.2 Å². The molecule has 0 bridgehead atoms. The molecular weight excluding hydrogens is 469 g/mol. The molecule has 1 aliphatic heterocycles. The summed E-state index contributed by atoms with van der Waals surface area (Å²) in [5.41, 5.74) is 5.53. The molecule has 0 saturated carbocycles. The summed E-state index contributed by atoms with van der Waals surface area (Å²) in [6, 6.07) is 15.5. The highest BCUT2D eigenvalue weighted by Gasteiger charge is 2.35. The standard InChI is InChI=1S/C31H32FNO4/c1-19-24(15-14-21-10-7-6-8-11-21)27(28(30(35)36)37-31(3,4)5)20(2)26-18-33(17-25(19)26)29(34)22-12-9-13-23(32)16-22/h6-16,28H,17-18H2,1-5H3,(H,35,36)/b15-14+. The van der Waals surface area contributed by atoms with Gasteiger partial charge in [-0.05, 0) is 86.2 Å². The van der Waals surface area contributed by atoms with Crippen molar-refractivity contribution in [1.29, 1.82) is 0 Å². The monoisotopic (exact) mass is 501 g/mol. The van der Waals surface area contributed by atoms with Gasteiger partial charge in [0.2, 0.25) is 0 Å². The zero-order valence-corrected chi connectivity index (χ0v) is 21.8. The van der Waals surface area contributed by atoms with Crippen LogP contribution in [0.4, 0.5) is 4.39 Å². The zero-order valence-electron chi connectivity index (χ0n) is 21.8. The third kappa shape index (κ3) is 5.65. The molecule has 1 aliphatic rings. The summed E-state index contributed by atoms with van der Waals surface area (Å²) in [4.78, 5) is 27.4. The Hall–Kier alpha value is -3.77. The molecule has 1 heterocycles. The van der Waals surface area contributed by atoms with Crippen LogP contribution in [0.2, 0.25) is 0 Å². The molecule has 192 valence electrons. The van der Waals surface area contributed by atoms with E-state index >= 15 is 0 Å². The van der Waals surface area contributed by atoms with Gasteiger partial charge in [-0.15, -0.1) is 0 Å². The number of carboxylic acid groups (broad SMARTS) is 1. The summed E-state index contributed by atoms with van der Waals surface area (Å²) in [5.74, 6) is -1.80. The van der Waals surface area contributed by atoms with E-state index in [0.29, 0.717) is 18.7 Å². The van der Waals surface area contributed by atoms with Crippen molar-refractivity contribution in [3.63, 3.8) is 0 Å². The van der Waals surface area contributed by atoms with Crippen LogP contribution >= 0.6 is 0 Å². The maximum Gasteiger partial charge on any atom is 0.337 e. The number of ether oxygens (including phenoxy) is 1. The largest absolute Gasteiger partial charge is 0.479 e. The zero-order chi connectivity index (χ0) is 26.9. The summed E-state index contributed by atoms with van der Waals surface area (Å²) in [6.45, 7) is 10.0. The fourth-order valence-electron chi connectivity index (χ4n) is 4.88. The van der Waals surface area contributed by atoms with Crippen molar-refractivity contribution in [2.24, 2.45) is 0 Å². The maximum atomic E-state index is 13.8. The number of carbonyl (C=O) groups is 2. The molecule has 0 aliphatic carbocycles. The molecule has 1 N–H and O–H groups in total. The van der Waals surface area contributed by atoms with Gasteiger partial charge < -0.3 is 14.7 Å². The van der Waals surface area contributed by atoms with Crippen molar-refractivity contribution in [3.05, 3.63) is 105 Å². The second-order valence-electron chi connectivity index (χ2n) is 10.4. The SMILES string of the molecule is Cc1c(/C=C/c2ccccc2)c(C(OC(C)(C)C)C(=O)O)c(C)c2c1CN(C(=O)c1cccc(F)c1)C2. The van der Waals surface area contributed by atoms with Crippen LogP contribution in [-0.2, 0) is 22.6 Å². The summed E-state index contributed by atoms with van der Waals surface area (Å²) in [7, 11) is 0. The molecule has 1 unspecified atom stereocenters. The molecule has 4 rings (SSSR count). The lowest BCUT2D eigenvalue weighted by atomic mass is 9.85. The highest BCUT2D eigenvalue weighted by Crippen LogP contribution is 2.40. The number of rotatable bonds is 6. The fraction of sp³-hybridized carbons (Fsp3) is 0.290. The smallest absolute Gasteiger partial charge is 0.337 e. The highest BCUT2D eigenvalue weighted by molar-refractivity contribution is 5.95. The van der Waals surface area contributed by atoms with Crippen LogP contribution in [0.5, 0.6) is 0 Å². The minimum absolute atomic E-state index is 0.266. The first kappa shape index (κ1) is 26.3. The van der Waals surface area contributed by atoms with Gasteiger partial charge in [0.05, 0.1) is 5.60 Å². The lowest BCUT2D eigenvalue weighted by Crippen LogP contribution is -2.29. The molecule has 5 nitrogen and oxygen atoms in total. The molecule has 37 heavy (non-hydrogen) atoms. The molecule has 0 spiro atoms. The van der Waals surface area contributed by atoms with Gasteiger partial charge in [0.25, 0.3) is 5.91 Å². The van der Waals surface area contributed by atoms with Gasteiger partial charge in [-0.1, -0.05) is 48.6 Å². The van der Waals surface area contributed by atoms with Crippen molar-refractivity contribution >= 4 is 24.0 Å². The van der Waals surface area contributed by atoms with E-state index in [1.165, 1.54) is 18.2 Å². The van der Waals surface area contributed by atoms with Crippen LogP contribution in [0, 0.1) is 19.7 Å². The Bertz CT molecular complexity index is 1370. The second kappa shape index (κ2) is 10.3.